The van der Waals surface area contributed by atoms with Gasteiger partial charge in [-0.25, -0.2) is 4.98 Å². The van der Waals surface area contributed by atoms with Crippen molar-refractivity contribution in [2.75, 3.05) is 4.90 Å². The van der Waals surface area contributed by atoms with Crippen molar-refractivity contribution >= 4 is 5.82 Å². The lowest BCUT2D eigenvalue weighted by Crippen LogP contribution is -2.32. The van der Waals surface area contributed by atoms with E-state index in [1.165, 1.54) is 5.56 Å². The zero-order valence-electron chi connectivity index (χ0n) is 11.6. The van der Waals surface area contributed by atoms with Gasteiger partial charge in [0.1, 0.15) is 11.6 Å². The van der Waals surface area contributed by atoms with Crippen LogP contribution >= 0.6 is 0 Å². The molecule has 1 aromatic carbocycles. The van der Waals surface area contributed by atoms with Crippen LogP contribution in [0.3, 0.4) is 0 Å². The molecule has 0 bridgehead atoms. The Labute approximate surface area is 113 Å². The first-order valence-electron chi connectivity index (χ1n) is 6.45. The number of H-pyrrole nitrogens is 1. The summed E-state index contributed by atoms with van der Waals surface area (Å²) >= 11 is 0. The molecule has 19 heavy (non-hydrogen) atoms. The molecule has 0 unspecified atom stereocenters. The normalized spacial score (nSPS) is 10.7. The highest BCUT2D eigenvalue weighted by Crippen LogP contribution is 2.16. The van der Waals surface area contributed by atoms with Crippen LogP contribution in [-0.4, -0.2) is 16.0 Å². The van der Waals surface area contributed by atoms with Gasteiger partial charge in [0.2, 0.25) is 0 Å². The van der Waals surface area contributed by atoms with Crippen molar-refractivity contribution in [3.63, 3.8) is 0 Å². The van der Waals surface area contributed by atoms with Gasteiger partial charge in [-0.2, -0.15) is 0 Å². The van der Waals surface area contributed by atoms with E-state index in [1.54, 1.807) is 13.0 Å². The van der Waals surface area contributed by atoms with E-state index in [1.807, 2.05) is 18.2 Å². The molecule has 4 heteroatoms. The molecule has 2 aromatic rings. The first-order chi connectivity index (χ1) is 9.06. The lowest BCUT2D eigenvalue weighted by atomic mass is 10.2. The smallest absolute Gasteiger partial charge is 0.252 e. The fourth-order valence-electron chi connectivity index (χ4n) is 2.02. The fourth-order valence-corrected chi connectivity index (χ4v) is 2.02. The van der Waals surface area contributed by atoms with Crippen LogP contribution in [0.5, 0.6) is 0 Å². The zero-order valence-corrected chi connectivity index (χ0v) is 11.6. The van der Waals surface area contributed by atoms with Crippen molar-refractivity contribution in [1.29, 1.82) is 0 Å². The van der Waals surface area contributed by atoms with Crippen LogP contribution in [0, 0.1) is 6.92 Å². The van der Waals surface area contributed by atoms with Crippen LogP contribution in [-0.2, 0) is 6.54 Å². The molecular formula is C15H19N3O. The highest BCUT2D eigenvalue weighted by Gasteiger charge is 2.13. The van der Waals surface area contributed by atoms with E-state index < -0.39 is 0 Å². The van der Waals surface area contributed by atoms with E-state index in [0.29, 0.717) is 5.82 Å². The van der Waals surface area contributed by atoms with Crippen molar-refractivity contribution < 1.29 is 0 Å². The molecule has 0 amide bonds. The Morgan fingerprint density at radius 3 is 2.53 bits per heavy atom. The number of aromatic amines is 1. The van der Waals surface area contributed by atoms with Gasteiger partial charge in [-0.05, 0) is 26.3 Å². The molecule has 0 aliphatic carbocycles. The van der Waals surface area contributed by atoms with Gasteiger partial charge >= 0.3 is 0 Å². The number of aryl methyl sites for hydroxylation is 1. The average molecular weight is 257 g/mol. The number of nitrogens with one attached hydrogen (secondary N) is 1. The Balaban J connectivity index is 2.32. The molecule has 0 aliphatic heterocycles. The van der Waals surface area contributed by atoms with Crippen LogP contribution in [0.2, 0.25) is 0 Å². The average Bonchev–Trinajstić information content (AvgIpc) is 2.35. The molecular weight excluding hydrogens is 238 g/mol. The fraction of sp³-hybridized carbons (Fsp3) is 0.333. The van der Waals surface area contributed by atoms with Crippen molar-refractivity contribution in [2.24, 2.45) is 0 Å². The molecule has 4 nitrogen and oxygen atoms in total. The minimum absolute atomic E-state index is 0.110. The topological polar surface area (TPSA) is 49.0 Å². The third-order valence-electron chi connectivity index (χ3n) is 2.96. The minimum Gasteiger partial charge on any atom is -0.350 e. The molecule has 0 fully saturated rings. The summed E-state index contributed by atoms with van der Waals surface area (Å²) in [7, 11) is 0. The Morgan fingerprint density at radius 2 is 1.95 bits per heavy atom. The number of hydrogen-bond donors (Lipinski definition) is 1. The number of rotatable bonds is 4. The van der Waals surface area contributed by atoms with E-state index in [2.05, 4.69) is 40.8 Å². The van der Waals surface area contributed by atoms with Gasteiger partial charge in [0.05, 0.1) is 0 Å². The quantitative estimate of drug-likeness (QED) is 0.915. The Morgan fingerprint density at radius 1 is 1.26 bits per heavy atom. The van der Waals surface area contributed by atoms with Crippen molar-refractivity contribution in [2.45, 2.75) is 33.4 Å². The molecule has 0 radical (unpaired) electrons. The first kappa shape index (κ1) is 13.3. The number of anilines is 1. The molecule has 100 valence electrons. The number of hydrogen-bond acceptors (Lipinski definition) is 3. The molecule has 1 N–H and O–H groups in total. The van der Waals surface area contributed by atoms with Gasteiger partial charge in [0, 0.05) is 18.7 Å². The van der Waals surface area contributed by atoms with Crippen LogP contribution in [0.15, 0.2) is 41.2 Å². The molecule has 1 aromatic heterocycles. The SMILES string of the molecule is Cc1nc(N(Cc2ccccc2)C(C)C)cc(=O)[nH]1. The van der Waals surface area contributed by atoms with Gasteiger partial charge in [-0.1, -0.05) is 30.3 Å². The second-order valence-electron chi connectivity index (χ2n) is 4.90. The van der Waals surface area contributed by atoms with Crippen LogP contribution in [0.4, 0.5) is 5.82 Å². The summed E-state index contributed by atoms with van der Waals surface area (Å²) in [5.41, 5.74) is 1.09. The maximum Gasteiger partial charge on any atom is 0.252 e. The van der Waals surface area contributed by atoms with Gasteiger partial charge < -0.3 is 9.88 Å². The van der Waals surface area contributed by atoms with E-state index in [4.69, 9.17) is 0 Å². The molecule has 0 spiro atoms. The Kier molecular flexibility index (Phi) is 4.00. The van der Waals surface area contributed by atoms with Gasteiger partial charge in [0.25, 0.3) is 5.56 Å². The predicted molar refractivity (Wildman–Crippen MR) is 77.4 cm³/mol. The highest BCUT2D eigenvalue weighted by molar-refractivity contribution is 5.39. The van der Waals surface area contributed by atoms with Crippen molar-refractivity contribution in [3.05, 3.63) is 58.1 Å². The van der Waals surface area contributed by atoms with Crippen LogP contribution in [0.1, 0.15) is 25.2 Å². The zero-order chi connectivity index (χ0) is 13.8. The monoisotopic (exact) mass is 257 g/mol. The summed E-state index contributed by atoms with van der Waals surface area (Å²) in [6.45, 7) is 6.74. The summed E-state index contributed by atoms with van der Waals surface area (Å²) in [4.78, 5) is 20.8. The second-order valence-corrected chi connectivity index (χ2v) is 4.90. The van der Waals surface area contributed by atoms with Crippen molar-refractivity contribution in [3.8, 4) is 0 Å². The maximum atomic E-state index is 11.6. The summed E-state index contributed by atoms with van der Waals surface area (Å²) in [5, 5.41) is 0. The summed E-state index contributed by atoms with van der Waals surface area (Å²) in [6.07, 6.45) is 0. The van der Waals surface area contributed by atoms with Crippen LogP contribution < -0.4 is 10.5 Å². The first-order valence-corrected chi connectivity index (χ1v) is 6.45. The Hall–Kier alpha value is -2.10. The summed E-state index contributed by atoms with van der Waals surface area (Å²) in [5.74, 6) is 1.36. The third-order valence-corrected chi connectivity index (χ3v) is 2.96. The number of nitrogens with zero attached hydrogens (tertiary/aromatic N) is 2. The molecule has 0 saturated carbocycles. The van der Waals surface area contributed by atoms with E-state index in [9.17, 15) is 4.79 Å². The summed E-state index contributed by atoms with van der Waals surface area (Å²) < 4.78 is 0. The summed E-state index contributed by atoms with van der Waals surface area (Å²) in [6, 6.07) is 12.0. The molecule has 0 saturated heterocycles. The lowest BCUT2D eigenvalue weighted by Gasteiger charge is -2.28. The molecule has 1 heterocycles. The van der Waals surface area contributed by atoms with Crippen molar-refractivity contribution in [1.82, 2.24) is 9.97 Å². The maximum absolute atomic E-state index is 11.6. The number of aromatic nitrogens is 2. The minimum atomic E-state index is -0.110. The number of benzene rings is 1. The molecule has 2 rings (SSSR count). The third kappa shape index (κ3) is 3.44. The predicted octanol–water partition coefficient (Wildman–Crippen LogP) is 2.49. The van der Waals surface area contributed by atoms with Crippen LogP contribution in [0.25, 0.3) is 0 Å². The highest BCUT2D eigenvalue weighted by atomic mass is 16.1. The van der Waals surface area contributed by atoms with E-state index in [0.717, 1.165) is 12.4 Å². The standard InChI is InChI=1S/C15H19N3O/c1-11(2)18(10-13-7-5-4-6-8-13)14-9-15(19)17-12(3)16-14/h4-9,11H,10H2,1-3H3,(H,16,17,19). The van der Waals surface area contributed by atoms with E-state index >= 15 is 0 Å². The molecule has 0 aliphatic rings. The molecule has 0 atom stereocenters. The van der Waals surface area contributed by atoms with Gasteiger partial charge in [0.15, 0.2) is 0 Å². The van der Waals surface area contributed by atoms with E-state index in [-0.39, 0.29) is 11.6 Å². The Bertz CT molecular complexity index is 590. The lowest BCUT2D eigenvalue weighted by molar-refractivity contribution is 0.668. The largest absolute Gasteiger partial charge is 0.350 e. The second kappa shape index (κ2) is 5.69. The van der Waals surface area contributed by atoms with Gasteiger partial charge in [-0.15, -0.1) is 0 Å². The van der Waals surface area contributed by atoms with Gasteiger partial charge in [-0.3, -0.25) is 4.79 Å².